The van der Waals surface area contributed by atoms with Gasteiger partial charge in [-0.05, 0) is 24.6 Å². The Morgan fingerprint density at radius 3 is 2.60 bits per heavy atom. The molecule has 3 nitrogen and oxygen atoms in total. The van der Waals surface area contributed by atoms with Crippen LogP contribution in [0.15, 0.2) is 18.2 Å². The second-order valence-electron chi connectivity index (χ2n) is 3.79. The lowest BCUT2D eigenvalue weighted by atomic mass is 10.2. The van der Waals surface area contributed by atoms with Crippen molar-refractivity contribution in [1.29, 1.82) is 0 Å². The number of benzene rings is 1. The van der Waals surface area contributed by atoms with Gasteiger partial charge < -0.3 is 4.90 Å². The summed E-state index contributed by atoms with van der Waals surface area (Å²) in [6.45, 7) is 3.02. The lowest BCUT2D eigenvalue weighted by Crippen LogP contribution is -2.29. The van der Waals surface area contributed by atoms with Crippen LogP contribution in [0.5, 0.6) is 0 Å². The fraction of sp³-hybridized carbons (Fsp3) is 0.364. The standard InChI is InChI=1S/C11H13FN2O/c1-8-3-4-9(7-10(8)12)14-6-5-13(2)11(14)15/h3-4,7H,5-6H2,1-2H3. The molecule has 2 amide bonds. The Kier molecular flexibility index (Phi) is 2.34. The molecule has 1 fully saturated rings. The zero-order valence-electron chi connectivity index (χ0n) is 8.83. The van der Waals surface area contributed by atoms with E-state index in [1.165, 1.54) is 6.07 Å². The summed E-state index contributed by atoms with van der Waals surface area (Å²) < 4.78 is 13.3. The van der Waals surface area contributed by atoms with Gasteiger partial charge in [-0.15, -0.1) is 0 Å². The molecule has 1 aromatic rings. The number of hydrogen-bond acceptors (Lipinski definition) is 1. The van der Waals surface area contributed by atoms with E-state index >= 15 is 0 Å². The highest BCUT2D eigenvalue weighted by Gasteiger charge is 2.26. The number of rotatable bonds is 1. The fourth-order valence-electron chi connectivity index (χ4n) is 1.64. The molecule has 0 spiro atoms. The Balaban J connectivity index is 2.31. The van der Waals surface area contributed by atoms with Gasteiger partial charge >= 0.3 is 6.03 Å². The van der Waals surface area contributed by atoms with Crippen LogP contribution >= 0.6 is 0 Å². The number of nitrogens with zero attached hydrogens (tertiary/aromatic N) is 2. The van der Waals surface area contributed by atoms with Crippen LogP contribution in [0.4, 0.5) is 14.9 Å². The van der Waals surface area contributed by atoms with Crippen LogP contribution in [0.2, 0.25) is 0 Å². The summed E-state index contributed by atoms with van der Waals surface area (Å²) in [6, 6.07) is 4.80. The summed E-state index contributed by atoms with van der Waals surface area (Å²) >= 11 is 0. The van der Waals surface area contributed by atoms with Crippen molar-refractivity contribution in [3.8, 4) is 0 Å². The van der Waals surface area contributed by atoms with E-state index in [2.05, 4.69) is 0 Å². The minimum absolute atomic E-state index is 0.0711. The van der Waals surface area contributed by atoms with Crippen LogP contribution in [-0.2, 0) is 0 Å². The highest BCUT2D eigenvalue weighted by atomic mass is 19.1. The molecule has 1 heterocycles. The zero-order valence-corrected chi connectivity index (χ0v) is 8.83. The van der Waals surface area contributed by atoms with Crippen molar-refractivity contribution >= 4 is 11.7 Å². The van der Waals surface area contributed by atoms with Crippen molar-refractivity contribution in [1.82, 2.24) is 4.90 Å². The van der Waals surface area contributed by atoms with Crippen molar-refractivity contribution < 1.29 is 9.18 Å². The van der Waals surface area contributed by atoms with Crippen molar-refractivity contribution in [3.05, 3.63) is 29.6 Å². The second-order valence-corrected chi connectivity index (χ2v) is 3.79. The van der Waals surface area contributed by atoms with Gasteiger partial charge in [0, 0.05) is 25.8 Å². The van der Waals surface area contributed by atoms with E-state index in [1.807, 2.05) is 0 Å². The monoisotopic (exact) mass is 208 g/mol. The molecule has 0 radical (unpaired) electrons. The number of aryl methyl sites for hydroxylation is 1. The first-order chi connectivity index (χ1) is 7.09. The molecular formula is C11H13FN2O. The molecule has 0 atom stereocenters. The minimum Gasteiger partial charge on any atom is -0.326 e. The first kappa shape index (κ1) is 9.96. The number of urea groups is 1. The normalized spacial score (nSPS) is 16.3. The molecule has 15 heavy (non-hydrogen) atoms. The molecule has 0 N–H and O–H groups in total. The van der Waals surface area contributed by atoms with Gasteiger partial charge in [0.05, 0.1) is 0 Å². The molecule has 0 bridgehead atoms. The lowest BCUT2D eigenvalue weighted by Gasteiger charge is -2.16. The zero-order chi connectivity index (χ0) is 11.0. The summed E-state index contributed by atoms with van der Waals surface area (Å²) in [4.78, 5) is 14.8. The maximum atomic E-state index is 13.3. The Hall–Kier alpha value is -1.58. The van der Waals surface area contributed by atoms with Crippen LogP contribution in [0.3, 0.4) is 0 Å². The predicted octanol–water partition coefficient (Wildman–Crippen LogP) is 2.01. The first-order valence-electron chi connectivity index (χ1n) is 4.88. The van der Waals surface area contributed by atoms with E-state index < -0.39 is 0 Å². The Morgan fingerprint density at radius 1 is 1.33 bits per heavy atom. The number of carbonyl (C=O) groups is 1. The molecule has 4 heteroatoms. The van der Waals surface area contributed by atoms with Crippen LogP contribution in [0, 0.1) is 12.7 Å². The summed E-state index contributed by atoms with van der Waals surface area (Å²) in [6.07, 6.45) is 0. The number of amides is 2. The molecule has 0 unspecified atom stereocenters. The fourth-order valence-corrected chi connectivity index (χ4v) is 1.64. The molecule has 1 aliphatic rings. The van der Waals surface area contributed by atoms with Crippen LogP contribution in [-0.4, -0.2) is 31.1 Å². The van der Waals surface area contributed by atoms with Gasteiger partial charge in [0.15, 0.2) is 0 Å². The van der Waals surface area contributed by atoms with E-state index in [4.69, 9.17) is 0 Å². The van der Waals surface area contributed by atoms with Gasteiger partial charge in [0.1, 0.15) is 5.82 Å². The van der Waals surface area contributed by atoms with Gasteiger partial charge in [-0.3, -0.25) is 4.90 Å². The van der Waals surface area contributed by atoms with Crippen LogP contribution in [0.1, 0.15) is 5.56 Å². The maximum Gasteiger partial charge on any atom is 0.324 e. The van der Waals surface area contributed by atoms with Gasteiger partial charge in [0.25, 0.3) is 0 Å². The number of anilines is 1. The number of carbonyl (C=O) groups excluding carboxylic acids is 1. The molecule has 1 aromatic carbocycles. The molecular weight excluding hydrogens is 195 g/mol. The summed E-state index contributed by atoms with van der Waals surface area (Å²) in [5, 5.41) is 0. The lowest BCUT2D eigenvalue weighted by molar-refractivity contribution is 0.229. The van der Waals surface area contributed by atoms with Crippen LogP contribution in [0.25, 0.3) is 0 Å². The third-order valence-corrected chi connectivity index (χ3v) is 2.68. The topological polar surface area (TPSA) is 23.6 Å². The number of likely N-dealkylation sites (N-methyl/N-ethyl adjacent to an activating group) is 1. The highest BCUT2D eigenvalue weighted by Crippen LogP contribution is 2.21. The van der Waals surface area contributed by atoms with E-state index in [0.29, 0.717) is 24.3 Å². The van der Waals surface area contributed by atoms with Gasteiger partial charge in [0.2, 0.25) is 0 Å². The molecule has 0 aliphatic carbocycles. The van der Waals surface area contributed by atoms with E-state index in [9.17, 15) is 9.18 Å². The summed E-state index contributed by atoms with van der Waals surface area (Å²) in [7, 11) is 1.74. The third kappa shape index (κ3) is 1.67. The van der Waals surface area contributed by atoms with Crippen molar-refractivity contribution in [2.75, 3.05) is 25.0 Å². The number of hydrogen-bond donors (Lipinski definition) is 0. The Bertz CT molecular complexity index is 406. The van der Waals surface area contributed by atoms with Gasteiger partial charge in [-0.2, -0.15) is 0 Å². The molecule has 1 saturated heterocycles. The van der Waals surface area contributed by atoms with Crippen molar-refractivity contribution in [3.63, 3.8) is 0 Å². The van der Waals surface area contributed by atoms with Gasteiger partial charge in [-0.25, -0.2) is 9.18 Å². The van der Waals surface area contributed by atoms with E-state index in [0.717, 1.165) is 0 Å². The smallest absolute Gasteiger partial charge is 0.324 e. The van der Waals surface area contributed by atoms with Crippen LogP contribution < -0.4 is 4.90 Å². The second kappa shape index (κ2) is 3.53. The van der Waals surface area contributed by atoms with Crippen molar-refractivity contribution in [2.45, 2.75) is 6.92 Å². The minimum atomic E-state index is -0.269. The summed E-state index contributed by atoms with van der Waals surface area (Å²) in [5.74, 6) is -0.269. The molecule has 0 aromatic heterocycles. The Labute approximate surface area is 88.1 Å². The SMILES string of the molecule is Cc1ccc(N2CCN(C)C2=O)cc1F. The van der Waals surface area contributed by atoms with E-state index in [1.54, 1.807) is 35.9 Å². The quantitative estimate of drug-likeness (QED) is 0.692. The average Bonchev–Trinajstić information content (AvgIpc) is 2.53. The average molecular weight is 208 g/mol. The molecule has 80 valence electrons. The maximum absolute atomic E-state index is 13.3. The Morgan fingerprint density at radius 2 is 2.07 bits per heavy atom. The molecule has 1 aliphatic heterocycles. The van der Waals surface area contributed by atoms with Crippen molar-refractivity contribution in [2.24, 2.45) is 0 Å². The predicted molar refractivity (Wildman–Crippen MR) is 56.5 cm³/mol. The van der Waals surface area contributed by atoms with Gasteiger partial charge in [-0.1, -0.05) is 6.07 Å². The summed E-state index contributed by atoms with van der Waals surface area (Å²) in [5.41, 5.74) is 1.23. The highest BCUT2D eigenvalue weighted by molar-refractivity contribution is 5.93. The first-order valence-corrected chi connectivity index (χ1v) is 4.88. The molecule has 0 saturated carbocycles. The third-order valence-electron chi connectivity index (χ3n) is 2.68. The largest absolute Gasteiger partial charge is 0.326 e. The number of halogens is 1. The molecule has 2 rings (SSSR count). The van der Waals surface area contributed by atoms with E-state index in [-0.39, 0.29) is 11.8 Å².